The molecule has 27 heavy (non-hydrogen) atoms. The lowest BCUT2D eigenvalue weighted by Crippen LogP contribution is -2.33. The molecule has 2 bridgehead atoms. The van der Waals surface area contributed by atoms with Crippen LogP contribution in [0.5, 0.6) is 0 Å². The van der Waals surface area contributed by atoms with Gasteiger partial charge in [0, 0.05) is 11.6 Å². The summed E-state index contributed by atoms with van der Waals surface area (Å²) in [6.07, 6.45) is 4.64. The van der Waals surface area contributed by atoms with Crippen LogP contribution in [0.25, 0.3) is 0 Å². The Hall–Kier alpha value is -2.25. The van der Waals surface area contributed by atoms with E-state index in [1.165, 1.54) is 22.3 Å². The molecular weight excluding hydrogens is 386 g/mol. The molecule has 4 atom stereocenters. The first-order valence-corrected chi connectivity index (χ1v) is 10.2. The number of hydrogen-bond acceptors (Lipinski definition) is 5. The fourth-order valence-electron chi connectivity index (χ4n) is 4.94. The molecule has 0 spiro atoms. The Morgan fingerprint density at radius 1 is 1.19 bits per heavy atom. The van der Waals surface area contributed by atoms with Gasteiger partial charge in [-0.2, -0.15) is 0 Å². The van der Waals surface area contributed by atoms with Crippen LogP contribution in [0.2, 0.25) is 5.02 Å². The van der Waals surface area contributed by atoms with Gasteiger partial charge in [-0.3, -0.25) is 24.6 Å². The third-order valence-corrected chi connectivity index (χ3v) is 7.05. The topological polar surface area (TPSA) is 79.4 Å². The summed E-state index contributed by atoms with van der Waals surface area (Å²) in [7, 11) is 0. The molecule has 2 aliphatic carbocycles. The van der Waals surface area contributed by atoms with Crippen molar-refractivity contribution in [3.8, 4) is 0 Å². The number of rotatable bonds is 3. The summed E-state index contributed by atoms with van der Waals surface area (Å²) in [4.78, 5) is 43.8. The number of fused-ring (bicyclic) bond motifs is 5. The maximum Gasteiger partial charge on any atom is 0.259 e. The van der Waals surface area contributed by atoms with Gasteiger partial charge in [-0.1, -0.05) is 11.6 Å². The molecule has 138 valence electrons. The van der Waals surface area contributed by atoms with Gasteiger partial charge in [0.15, 0.2) is 5.13 Å². The van der Waals surface area contributed by atoms with Gasteiger partial charge in [0.2, 0.25) is 11.8 Å². The highest BCUT2D eigenvalue weighted by molar-refractivity contribution is 7.13. The average molecular weight is 402 g/mol. The third kappa shape index (κ3) is 2.52. The Morgan fingerprint density at radius 3 is 2.52 bits per heavy atom. The summed E-state index contributed by atoms with van der Waals surface area (Å²) >= 11 is 7.49. The first-order valence-electron chi connectivity index (χ1n) is 8.93. The first kappa shape index (κ1) is 16.9. The summed E-state index contributed by atoms with van der Waals surface area (Å²) in [6, 6.07) is 4.70. The molecule has 1 aliphatic heterocycles. The molecule has 2 heterocycles. The Labute approximate surface area is 164 Å². The van der Waals surface area contributed by atoms with Crippen molar-refractivity contribution < 1.29 is 14.4 Å². The van der Waals surface area contributed by atoms with Crippen LogP contribution in [0.4, 0.5) is 10.8 Å². The molecular formula is C19H16ClN3O3S. The number of benzene rings is 1. The minimum absolute atomic E-state index is 0.134. The van der Waals surface area contributed by atoms with E-state index in [2.05, 4.69) is 10.3 Å². The Balaban J connectivity index is 1.47. The summed E-state index contributed by atoms with van der Waals surface area (Å²) in [6.45, 7) is 0. The van der Waals surface area contributed by atoms with Crippen LogP contribution in [0.15, 0.2) is 29.8 Å². The Morgan fingerprint density at radius 2 is 1.89 bits per heavy atom. The SMILES string of the molecule is O=C(Nc1nccs1)c1cc(N2C(=O)[C@H]3[C@@H]4CC[C@@H](C4)[C@@H]3C2=O)ccc1Cl. The number of hydrogen-bond donors (Lipinski definition) is 1. The van der Waals surface area contributed by atoms with Crippen LogP contribution in [0.1, 0.15) is 29.6 Å². The minimum atomic E-state index is -0.420. The fraction of sp³-hybridized carbons (Fsp3) is 0.368. The maximum atomic E-state index is 13.0. The van der Waals surface area contributed by atoms with Gasteiger partial charge < -0.3 is 0 Å². The molecule has 3 fully saturated rings. The zero-order valence-electron chi connectivity index (χ0n) is 14.2. The van der Waals surface area contributed by atoms with Gasteiger partial charge in [-0.25, -0.2) is 4.98 Å². The second-order valence-corrected chi connectivity index (χ2v) is 8.65. The van der Waals surface area contributed by atoms with Crippen LogP contribution in [0, 0.1) is 23.7 Å². The first-order chi connectivity index (χ1) is 13.0. The van der Waals surface area contributed by atoms with E-state index < -0.39 is 5.91 Å². The van der Waals surface area contributed by atoms with Crippen LogP contribution in [0.3, 0.4) is 0 Å². The van der Waals surface area contributed by atoms with Crippen molar-refractivity contribution in [1.29, 1.82) is 0 Å². The lowest BCUT2D eigenvalue weighted by atomic mass is 9.81. The number of thiazole rings is 1. The fourth-order valence-corrected chi connectivity index (χ4v) is 5.67. The number of anilines is 2. The molecule has 3 amide bonds. The zero-order valence-corrected chi connectivity index (χ0v) is 15.8. The zero-order chi connectivity index (χ0) is 18.7. The molecule has 3 aliphatic rings. The van der Waals surface area contributed by atoms with Crippen LogP contribution < -0.4 is 10.2 Å². The van der Waals surface area contributed by atoms with Crippen molar-refractivity contribution in [3.63, 3.8) is 0 Å². The molecule has 1 saturated heterocycles. The van der Waals surface area contributed by atoms with Crippen molar-refractivity contribution >= 4 is 51.5 Å². The van der Waals surface area contributed by atoms with Crippen molar-refractivity contribution in [2.45, 2.75) is 19.3 Å². The number of carbonyl (C=O) groups is 3. The van der Waals surface area contributed by atoms with E-state index in [-0.39, 0.29) is 34.2 Å². The highest BCUT2D eigenvalue weighted by Crippen LogP contribution is 2.56. The summed E-state index contributed by atoms with van der Waals surface area (Å²) in [5.74, 6) is -0.436. The Bertz CT molecular complexity index is 933. The molecule has 0 unspecified atom stereocenters. The standard InChI is InChI=1S/C19H16ClN3O3S/c20-13-4-3-11(8-12(13)16(24)22-19-21-5-6-27-19)23-17(25)14-9-1-2-10(7-9)15(14)18(23)26/h3-6,8-10,14-15H,1-2,7H2,(H,21,22,24)/t9-,10+,14-,15-/m0/s1. The van der Waals surface area contributed by atoms with E-state index >= 15 is 0 Å². The monoisotopic (exact) mass is 401 g/mol. The third-order valence-electron chi connectivity index (χ3n) is 6.03. The number of nitrogens with one attached hydrogen (secondary N) is 1. The molecule has 1 aromatic carbocycles. The maximum absolute atomic E-state index is 13.0. The molecule has 1 N–H and O–H groups in total. The van der Waals surface area contributed by atoms with Gasteiger partial charge in [0.1, 0.15) is 0 Å². The lowest BCUT2D eigenvalue weighted by molar-refractivity contribution is -0.123. The van der Waals surface area contributed by atoms with Gasteiger partial charge >= 0.3 is 0 Å². The molecule has 1 aromatic heterocycles. The van der Waals surface area contributed by atoms with Crippen molar-refractivity contribution in [2.24, 2.45) is 23.7 Å². The molecule has 5 rings (SSSR count). The van der Waals surface area contributed by atoms with E-state index in [1.807, 2.05) is 0 Å². The number of imide groups is 1. The van der Waals surface area contributed by atoms with Gasteiger partial charge in [0.05, 0.1) is 28.1 Å². The van der Waals surface area contributed by atoms with E-state index in [0.717, 1.165) is 19.3 Å². The summed E-state index contributed by atoms with van der Waals surface area (Å²) in [5, 5.41) is 5.15. The lowest BCUT2D eigenvalue weighted by Gasteiger charge is -2.19. The average Bonchev–Trinajstić information content (AvgIpc) is 3.41. The van der Waals surface area contributed by atoms with Crippen molar-refractivity contribution in [2.75, 3.05) is 10.2 Å². The highest BCUT2D eigenvalue weighted by Gasteiger charge is 2.61. The number of carbonyl (C=O) groups excluding carboxylic acids is 3. The largest absolute Gasteiger partial charge is 0.298 e. The number of nitrogens with zero attached hydrogens (tertiary/aromatic N) is 2. The van der Waals surface area contributed by atoms with E-state index in [1.54, 1.807) is 23.7 Å². The van der Waals surface area contributed by atoms with Crippen LogP contribution >= 0.6 is 22.9 Å². The van der Waals surface area contributed by atoms with Crippen LogP contribution in [-0.2, 0) is 9.59 Å². The number of halogens is 1. The molecule has 2 aromatic rings. The van der Waals surface area contributed by atoms with E-state index in [4.69, 9.17) is 11.6 Å². The highest BCUT2D eigenvalue weighted by atomic mass is 35.5. The quantitative estimate of drug-likeness (QED) is 0.797. The summed E-state index contributed by atoms with van der Waals surface area (Å²) < 4.78 is 0. The van der Waals surface area contributed by atoms with Crippen LogP contribution in [-0.4, -0.2) is 22.7 Å². The van der Waals surface area contributed by atoms with E-state index in [9.17, 15) is 14.4 Å². The minimum Gasteiger partial charge on any atom is -0.298 e. The van der Waals surface area contributed by atoms with Gasteiger partial charge in [-0.05, 0) is 49.3 Å². The van der Waals surface area contributed by atoms with Crippen molar-refractivity contribution in [1.82, 2.24) is 4.98 Å². The second-order valence-electron chi connectivity index (χ2n) is 7.35. The smallest absolute Gasteiger partial charge is 0.259 e. The predicted molar refractivity (Wildman–Crippen MR) is 102 cm³/mol. The molecule has 6 nitrogen and oxygen atoms in total. The van der Waals surface area contributed by atoms with Gasteiger partial charge in [0.25, 0.3) is 5.91 Å². The summed E-state index contributed by atoms with van der Waals surface area (Å²) in [5.41, 5.74) is 0.623. The van der Waals surface area contributed by atoms with Crippen molar-refractivity contribution in [3.05, 3.63) is 40.4 Å². The molecule has 8 heteroatoms. The van der Waals surface area contributed by atoms with Gasteiger partial charge in [-0.15, -0.1) is 11.3 Å². The molecule has 2 saturated carbocycles. The Kier molecular flexibility index (Phi) is 3.84. The normalized spacial score (nSPS) is 28.7. The predicted octanol–water partition coefficient (Wildman–Crippen LogP) is 3.58. The number of amides is 3. The van der Waals surface area contributed by atoms with E-state index in [0.29, 0.717) is 22.7 Å². The number of aromatic nitrogens is 1. The second kappa shape index (κ2) is 6.14. The molecule has 0 radical (unpaired) electrons.